The van der Waals surface area contributed by atoms with Crippen LogP contribution in [-0.2, 0) is 0 Å². The lowest BCUT2D eigenvalue weighted by Gasteiger charge is -2.06. The highest BCUT2D eigenvalue weighted by Gasteiger charge is 2.13. The molecule has 0 atom stereocenters. The van der Waals surface area contributed by atoms with Crippen molar-refractivity contribution in [3.05, 3.63) is 70.6 Å². The van der Waals surface area contributed by atoms with E-state index in [0.717, 1.165) is 0 Å². The average molecular weight is 265 g/mol. The number of carbonyl (C=O) groups is 1. The van der Waals surface area contributed by atoms with Crippen molar-refractivity contribution in [2.45, 2.75) is 0 Å². The van der Waals surface area contributed by atoms with Gasteiger partial charge in [0.2, 0.25) is 0 Å². The van der Waals surface area contributed by atoms with Crippen LogP contribution in [0.25, 0.3) is 10.8 Å². The Kier molecular flexibility index (Phi) is 3.01. The molecule has 0 spiro atoms. The van der Waals surface area contributed by atoms with Gasteiger partial charge in [0.25, 0.3) is 11.5 Å². The van der Waals surface area contributed by atoms with E-state index in [0.29, 0.717) is 16.5 Å². The minimum absolute atomic E-state index is 0.198. The molecule has 5 nitrogen and oxygen atoms in total. The van der Waals surface area contributed by atoms with Crippen LogP contribution in [0.5, 0.6) is 0 Å². The first kappa shape index (κ1) is 12.1. The van der Waals surface area contributed by atoms with Gasteiger partial charge in [-0.25, -0.2) is 5.10 Å². The van der Waals surface area contributed by atoms with Crippen molar-refractivity contribution < 1.29 is 4.79 Å². The zero-order valence-corrected chi connectivity index (χ0v) is 10.5. The molecule has 1 heterocycles. The number of carbonyl (C=O) groups excluding carboxylic acids is 1. The second kappa shape index (κ2) is 4.97. The Morgan fingerprint density at radius 3 is 2.35 bits per heavy atom. The van der Waals surface area contributed by atoms with Crippen molar-refractivity contribution in [3.8, 4) is 0 Å². The van der Waals surface area contributed by atoms with Gasteiger partial charge in [-0.3, -0.25) is 9.59 Å². The van der Waals surface area contributed by atoms with E-state index in [2.05, 4.69) is 15.5 Å². The fourth-order valence-corrected chi connectivity index (χ4v) is 2.00. The largest absolute Gasteiger partial charge is 0.321 e. The molecule has 0 unspecified atom stereocenters. The van der Waals surface area contributed by atoms with E-state index >= 15 is 0 Å². The van der Waals surface area contributed by atoms with Crippen LogP contribution in [0.15, 0.2) is 59.4 Å². The SMILES string of the molecule is O=C(Nc1ccccc1)c1n[nH]c(=O)c2ccccc12. The van der Waals surface area contributed by atoms with Gasteiger partial charge in [0.15, 0.2) is 5.69 Å². The molecular formula is C15H11N3O2. The highest BCUT2D eigenvalue weighted by Crippen LogP contribution is 2.14. The Morgan fingerprint density at radius 1 is 0.950 bits per heavy atom. The fourth-order valence-electron chi connectivity index (χ4n) is 2.00. The van der Waals surface area contributed by atoms with Gasteiger partial charge in [0.05, 0.1) is 5.39 Å². The molecule has 0 aliphatic rings. The standard InChI is InChI=1S/C15H11N3O2/c19-14-12-9-5-4-8-11(12)13(17-18-14)15(20)16-10-6-2-1-3-7-10/h1-9H,(H,16,20)(H,18,19). The summed E-state index contributed by atoms with van der Waals surface area (Å²) >= 11 is 0. The van der Waals surface area contributed by atoms with Crippen LogP contribution in [0, 0.1) is 0 Å². The molecule has 0 saturated heterocycles. The van der Waals surface area contributed by atoms with Crippen LogP contribution < -0.4 is 10.9 Å². The van der Waals surface area contributed by atoms with Gasteiger partial charge in [-0.05, 0) is 18.2 Å². The highest BCUT2D eigenvalue weighted by molar-refractivity contribution is 6.10. The van der Waals surface area contributed by atoms with Crippen LogP contribution in [0.2, 0.25) is 0 Å². The molecule has 98 valence electrons. The number of H-pyrrole nitrogens is 1. The average Bonchev–Trinajstić information content (AvgIpc) is 2.49. The number of hydrogen-bond acceptors (Lipinski definition) is 3. The Hall–Kier alpha value is -2.95. The van der Waals surface area contributed by atoms with Gasteiger partial charge < -0.3 is 5.32 Å². The molecule has 1 amide bonds. The quantitative estimate of drug-likeness (QED) is 0.745. The number of aromatic amines is 1. The molecule has 0 aliphatic carbocycles. The van der Waals surface area contributed by atoms with Crippen molar-refractivity contribution >= 4 is 22.4 Å². The van der Waals surface area contributed by atoms with Gasteiger partial charge >= 0.3 is 0 Å². The molecule has 0 aliphatic heterocycles. The molecule has 0 fully saturated rings. The minimum atomic E-state index is -0.358. The van der Waals surface area contributed by atoms with E-state index in [-0.39, 0.29) is 17.2 Å². The molecule has 0 saturated carbocycles. The van der Waals surface area contributed by atoms with Crippen LogP contribution in [0.4, 0.5) is 5.69 Å². The number of rotatable bonds is 2. The van der Waals surface area contributed by atoms with Crippen molar-refractivity contribution in [1.82, 2.24) is 10.2 Å². The van der Waals surface area contributed by atoms with E-state index < -0.39 is 0 Å². The molecular weight excluding hydrogens is 254 g/mol. The smallest absolute Gasteiger partial charge is 0.276 e. The summed E-state index contributed by atoms with van der Waals surface area (Å²) in [5.41, 5.74) is 0.565. The van der Waals surface area contributed by atoms with E-state index in [4.69, 9.17) is 0 Å². The topological polar surface area (TPSA) is 74.8 Å². The predicted molar refractivity (Wildman–Crippen MR) is 76.8 cm³/mol. The van der Waals surface area contributed by atoms with Crippen molar-refractivity contribution in [2.75, 3.05) is 5.32 Å². The van der Waals surface area contributed by atoms with Gasteiger partial charge in [0, 0.05) is 11.1 Å². The van der Waals surface area contributed by atoms with Crippen molar-refractivity contribution in [2.24, 2.45) is 0 Å². The molecule has 2 N–H and O–H groups in total. The maximum atomic E-state index is 12.2. The first-order chi connectivity index (χ1) is 9.75. The van der Waals surface area contributed by atoms with Gasteiger partial charge in [0.1, 0.15) is 0 Å². The van der Waals surface area contributed by atoms with Crippen LogP contribution in [-0.4, -0.2) is 16.1 Å². The Balaban J connectivity index is 2.04. The predicted octanol–water partition coefficient (Wildman–Crippen LogP) is 2.18. The number of aromatic nitrogens is 2. The molecule has 2 aromatic carbocycles. The Morgan fingerprint density at radius 2 is 1.60 bits per heavy atom. The second-order valence-corrected chi connectivity index (χ2v) is 4.27. The fraction of sp³-hybridized carbons (Fsp3) is 0. The molecule has 3 aromatic rings. The molecule has 0 bridgehead atoms. The molecule has 5 heteroatoms. The van der Waals surface area contributed by atoms with Crippen molar-refractivity contribution in [3.63, 3.8) is 0 Å². The van der Waals surface area contributed by atoms with Crippen LogP contribution in [0.3, 0.4) is 0 Å². The summed E-state index contributed by atoms with van der Waals surface area (Å²) in [5.74, 6) is -0.358. The normalized spacial score (nSPS) is 10.4. The lowest BCUT2D eigenvalue weighted by molar-refractivity contribution is 0.102. The van der Waals surface area contributed by atoms with E-state index in [1.54, 1.807) is 36.4 Å². The number of nitrogens with one attached hydrogen (secondary N) is 2. The number of amides is 1. The second-order valence-electron chi connectivity index (χ2n) is 4.27. The lowest BCUT2D eigenvalue weighted by Crippen LogP contribution is -2.19. The number of para-hydroxylation sites is 1. The molecule has 1 aromatic heterocycles. The highest BCUT2D eigenvalue weighted by atomic mass is 16.2. The van der Waals surface area contributed by atoms with E-state index in [9.17, 15) is 9.59 Å². The Labute approximate surface area is 114 Å². The number of hydrogen-bond donors (Lipinski definition) is 2. The van der Waals surface area contributed by atoms with Crippen LogP contribution >= 0.6 is 0 Å². The molecule has 0 radical (unpaired) electrons. The number of benzene rings is 2. The zero-order chi connectivity index (χ0) is 13.9. The van der Waals surface area contributed by atoms with E-state index in [1.807, 2.05) is 18.2 Å². The first-order valence-electron chi connectivity index (χ1n) is 6.09. The van der Waals surface area contributed by atoms with E-state index in [1.165, 1.54) is 0 Å². The van der Waals surface area contributed by atoms with Gasteiger partial charge in [-0.15, -0.1) is 0 Å². The summed E-state index contributed by atoms with van der Waals surface area (Å²) in [4.78, 5) is 23.9. The third-order valence-electron chi connectivity index (χ3n) is 2.94. The summed E-state index contributed by atoms with van der Waals surface area (Å²) in [6.45, 7) is 0. The monoisotopic (exact) mass is 265 g/mol. The van der Waals surface area contributed by atoms with Crippen LogP contribution in [0.1, 0.15) is 10.5 Å². The third kappa shape index (κ3) is 2.16. The zero-order valence-electron chi connectivity index (χ0n) is 10.5. The number of anilines is 1. The summed E-state index contributed by atoms with van der Waals surface area (Å²) in [6.07, 6.45) is 0. The van der Waals surface area contributed by atoms with Crippen molar-refractivity contribution in [1.29, 1.82) is 0 Å². The van der Waals surface area contributed by atoms with Gasteiger partial charge in [-0.1, -0.05) is 36.4 Å². The first-order valence-corrected chi connectivity index (χ1v) is 6.09. The molecule has 3 rings (SSSR count). The maximum Gasteiger partial charge on any atom is 0.276 e. The Bertz CT molecular complexity index is 825. The summed E-state index contributed by atoms with van der Waals surface area (Å²) in [5, 5.41) is 9.92. The van der Waals surface area contributed by atoms with Gasteiger partial charge in [-0.2, -0.15) is 5.10 Å². The third-order valence-corrected chi connectivity index (χ3v) is 2.94. The number of fused-ring (bicyclic) bond motifs is 1. The summed E-state index contributed by atoms with van der Waals surface area (Å²) < 4.78 is 0. The summed E-state index contributed by atoms with van der Waals surface area (Å²) in [6, 6.07) is 16.0. The maximum absolute atomic E-state index is 12.2. The summed E-state index contributed by atoms with van der Waals surface area (Å²) in [7, 11) is 0. The lowest BCUT2D eigenvalue weighted by atomic mass is 10.1. The molecule has 20 heavy (non-hydrogen) atoms. The number of nitrogens with zero attached hydrogens (tertiary/aromatic N) is 1. The minimum Gasteiger partial charge on any atom is -0.321 e.